The molecule has 2 aromatic carbocycles. The Balaban J connectivity index is 1.80. The van der Waals surface area contributed by atoms with Crippen molar-refractivity contribution in [2.24, 2.45) is 22.7 Å². The first kappa shape index (κ1) is 24.7. The molecule has 0 aromatic heterocycles. The summed E-state index contributed by atoms with van der Waals surface area (Å²) in [5, 5.41) is 19.1. The number of hydrogen-bond donors (Lipinski definition) is 0. The van der Waals surface area contributed by atoms with Crippen LogP contribution in [-0.2, 0) is 10.8 Å². The van der Waals surface area contributed by atoms with Gasteiger partial charge in [-0.05, 0) is 98.3 Å². The van der Waals surface area contributed by atoms with Crippen molar-refractivity contribution in [2.75, 3.05) is 0 Å². The average molecular weight is 483 g/mol. The lowest BCUT2D eigenvalue weighted by Gasteiger charge is -2.73. The van der Waals surface area contributed by atoms with Gasteiger partial charge in [0.05, 0.1) is 0 Å². The van der Waals surface area contributed by atoms with Crippen molar-refractivity contribution in [3.05, 3.63) is 58.7 Å². The van der Waals surface area contributed by atoms with E-state index in [1.165, 1.54) is 17.5 Å². The smallest absolute Gasteiger partial charge is 0.292 e. The molecule has 0 saturated heterocycles. The van der Waals surface area contributed by atoms with Crippen molar-refractivity contribution < 1.29 is 9.47 Å². The molecule has 188 valence electrons. The molecule has 4 bridgehead atoms. The first-order chi connectivity index (χ1) is 17.0. The zero-order valence-electron chi connectivity index (χ0n) is 22.6. The second-order valence-electron chi connectivity index (χ2n) is 13.0. The van der Waals surface area contributed by atoms with E-state index in [1.807, 2.05) is 24.6 Å². The Kier molecular flexibility index (Phi) is 5.68. The number of nitrogens with zero attached hydrogens (tertiary/aromatic N) is 2. The third-order valence-corrected chi connectivity index (χ3v) is 10.3. The third kappa shape index (κ3) is 3.53. The minimum Gasteiger partial charge on any atom is -0.388 e. The molecule has 4 saturated carbocycles. The van der Waals surface area contributed by atoms with Crippen molar-refractivity contribution in [3.63, 3.8) is 0 Å². The molecular weight excluding hydrogens is 444 g/mol. The number of benzene rings is 2. The molecule has 4 aliphatic carbocycles. The van der Waals surface area contributed by atoms with E-state index in [1.54, 1.807) is 0 Å². The highest BCUT2D eigenvalue weighted by molar-refractivity contribution is 5.51. The molecule has 36 heavy (non-hydrogen) atoms. The summed E-state index contributed by atoms with van der Waals surface area (Å²) in [5.41, 5.74) is 4.71. The topological polar surface area (TPSA) is 66.0 Å². The highest BCUT2D eigenvalue weighted by atomic mass is 16.5. The Morgan fingerprint density at radius 3 is 1.36 bits per heavy atom. The van der Waals surface area contributed by atoms with Gasteiger partial charge in [0.25, 0.3) is 12.5 Å². The second kappa shape index (κ2) is 8.27. The summed E-state index contributed by atoms with van der Waals surface area (Å²) in [6.45, 7) is 13.7. The summed E-state index contributed by atoms with van der Waals surface area (Å²) in [6.07, 6.45) is 10.6. The zero-order valence-corrected chi connectivity index (χ0v) is 22.6. The summed E-state index contributed by atoms with van der Waals surface area (Å²) in [6, 6.07) is 12.9. The molecule has 0 atom stereocenters. The molecule has 4 fully saturated rings. The van der Waals surface area contributed by atoms with Crippen LogP contribution in [0.1, 0.15) is 88.5 Å². The van der Waals surface area contributed by atoms with Crippen molar-refractivity contribution in [3.8, 4) is 24.0 Å². The quantitative estimate of drug-likeness (QED) is 0.393. The fourth-order valence-corrected chi connectivity index (χ4v) is 8.99. The molecule has 0 unspecified atom stereocenters. The first-order valence-electron chi connectivity index (χ1n) is 13.4. The normalized spacial score (nSPS) is 32.4. The van der Waals surface area contributed by atoms with Gasteiger partial charge in [-0.15, -0.1) is 10.5 Å². The van der Waals surface area contributed by atoms with Crippen molar-refractivity contribution in [2.45, 2.75) is 90.9 Å². The minimum atomic E-state index is -0.0992. The van der Waals surface area contributed by atoms with Crippen LogP contribution in [0.15, 0.2) is 36.4 Å². The highest BCUT2D eigenvalue weighted by Crippen LogP contribution is 2.78. The van der Waals surface area contributed by atoms with Crippen LogP contribution in [0.3, 0.4) is 0 Å². The lowest BCUT2D eigenvalue weighted by Crippen LogP contribution is -2.66. The van der Waals surface area contributed by atoms with E-state index < -0.39 is 0 Å². The second-order valence-corrected chi connectivity index (χ2v) is 13.0. The highest BCUT2D eigenvalue weighted by Gasteiger charge is 2.70. The van der Waals surface area contributed by atoms with E-state index in [0.29, 0.717) is 23.3 Å². The Labute approximate surface area is 216 Å². The van der Waals surface area contributed by atoms with Gasteiger partial charge in [0, 0.05) is 22.0 Å². The fraction of sp³-hybridized carbons (Fsp3) is 0.562. The van der Waals surface area contributed by atoms with Crippen molar-refractivity contribution in [1.29, 1.82) is 10.5 Å². The number of hydrogen-bond acceptors (Lipinski definition) is 4. The number of nitriles is 2. The summed E-state index contributed by atoms with van der Waals surface area (Å²) >= 11 is 0. The molecule has 6 rings (SSSR count). The van der Waals surface area contributed by atoms with Gasteiger partial charge in [0.15, 0.2) is 0 Å². The molecule has 0 aliphatic heterocycles. The Morgan fingerprint density at radius 1 is 0.639 bits per heavy atom. The number of aryl methyl sites for hydroxylation is 2. The van der Waals surface area contributed by atoms with Crippen LogP contribution in [0.5, 0.6) is 11.5 Å². The first-order valence-corrected chi connectivity index (χ1v) is 13.4. The molecule has 4 nitrogen and oxygen atoms in total. The van der Waals surface area contributed by atoms with Gasteiger partial charge in [-0.25, -0.2) is 0 Å². The van der Waals surface area contributed by atoms with E-state index in [9.17, 15) is 10.5 Å². The summed E-state index contributed by atoms with van der Waals surface area (Å²) in [4.78, 5) is 0. The lowest BCUT2D eigenvalue weighted by atomic mass is 9.31. The molecule has 0 spiro atoms. The molecule has 4 aliphatic rings. The van der Waals surface area contributed by atoms with Crippen LogP contribution in [0.4, 0.5) is 0 Å². The maximum Gasteiger partial charge on any atom is 0.292 e. The van der Waals surface area contributed by atoms with E-state index in [4.69, 9.17) is 9.47 Å². The summed E-state index contributed by atoms with van der Waals surface area (Å²) in [7, 11) is 0. The predicted octanol–water partition coefficient (Wildman–Crippen LogP) is 7.87. The van der Waals surface area contributed by atoms with Gasteiger partial charge < -0.3 is 9.47 Å². The van der Waals surface area contributed by atoms with Crippen LogP contribution in [0.25, 0.3) is 0 Å². The standard InChI is InChI=1S/C32H38N2O2/c1-21(2)29-13-30(22(3)4)16-31(14-29,25-9-7-23(5)11-27(25)35-19-33)18-32(15-29,17-30)26-10-8-24(6)12-28(26)36-20-34/h7-12,21-22H,13-18H2,1-6H3. The molecule has 0 N–H and O–H groups in total. The van der Waals surface area contributed by atoms with Gasteiger partial charge in [0.1, 0.15) is 11.5 Å². The van der Waals surface area contributed by atoms with Crippen molar-refractivity contribution >= 4 is 0 Å². The molecule has 0 radical (unpaired) electrons. The van der Waals surface area contributed by atoms with Gasteiger partial charge in [0.2, 0.25) is 0 Å². The Hall–Kier alpha value is -2.98. The summed E-state index contributed by atoms with van der Waals surface area (Å²) in [5.74, 6) is 2.47. The molecule has 2 aromatic rings. The van der Waals surface area contributed by atoms with Crippen LogP contribution in [0.2, 0.25) is 0 Å². The molecule has 0 heterocycles. The average Bonchev–Trinajstić information content (AvgIpc) is 2.78. The number of ether oxygens (including phenoxy) is 2. The van der Waals surface area contributed by atoms with E-state index in [0.717, 1.165) is 43.2 Å². The predicted molar refractivity (Wildman–Crippen MR) is 140 cm³/mol. The monoisotopic (exact) mass is 482 g/mol. The van der Waals surface area contributed by atoms with Gasteiger partial charge in [-0.2, -0.15) is 0 Å². The van der Waals surface area contributed by atoms with E-state index in [-0.39, 0.29) is 21.7 Å². The van der Waals surface area contributed by atoms with Crippen molar-refractivity contribution in [1.82, 2.24) is 0 Å². The largest absolute Gasteiger partial charge is 0.388 e. The summed E-state index contributed by atoms with van der Waals surface area (Å²) < 4.78 is 11.3. The van der Waals surface area contributed by atoms with Crippen LogP contribution >= 0.6 is 0 Å². The Bertz CT molecular complexity index is 1170. The Morgan fingerprint density at radius 2 is 1.03 bits per heavy atom. The van der Waals surface area contributed by atoms with Gasteiger partial charge in [-0.3, -0.25) is 0 Å². The molecular formula is C32H38N2O2. The number of rotatable bonds is 6. The minimum absolute atomic E-state index is 0.0992. The van der Waals surface area contributed by atoms with Crippen LogP contribution in [0, 0.1) is 59.5 Å². The lowest BCUT2D eigenvalue weighted by molar-refractivity contribution is -0.176. The molecule has 4 heteroatoms. The van der Waals surface area contributed by atoms with E-state index in [2.05, 4.69) is 65.8 Å². The zero-order chi connectivity index (χ0) is 25.9. The van der Waals surface area contributed by atoms with Gasteiger partial charge >= 0.3 is 0 Å². The van der Waals surface area contributed by atoms with Crippen LogP contribution < -0.4 is 9.47 Å². The third-order valence-electron chi connectivity index (χ3n) is 10.3. The van der Waals surface area contributed by atoms with Crippen LogP contribution in [-0.4, -0.2) is 0 Å². The maximum atomic E-state index is 9.53. The van der Waals surface area contributed by atoms with Gasteiger partial charge in [-0.1, -0.05) is 52.0 Å². The SMILES string of the molecule is Cc1ccc(C23CC4(c5ccc(C)cc5OC#N)CC(C(C)C)(C2)CC(C(C)C)(C3)C4)c(OC#N)c1. The molecule has 0 amide bonds. The maximum absolute atomic E-state index is 9.53. The van der Waals surface area contributed by atoms with E-state index >= 15 is 0 Å². The fourth-order valence-electron chi connectivity index (χ4n) is 8.99.